The summed E-state index contributed by atoms with van der Waals surface area (Å²) in [6, 6.07) is 2.51. The van der Waals surface area contributed by atoms with E-state index in [4.69, 9.17) is 0 Å². The van der Waals surface area contributed by atoms with Crippen molar-refractivity contribution in [2.24, 2.45) is 5.92 Å². The fraction of sp³-hybridized carbons (Fsp3) is 0.429. The maximum atomic E-state index is 13.7. The first kappa shape index (κ1) is 16.3. The smallest absolute Gasteiger partial charge is 0.354 e. The molecule has 0 aliphatic heterocycles. The number of rotatable bonds is 5. The molecule has 0 bridgehead atoms. The lowest BCUT2D eigenvalue weighted by molar-refractivity contribution is -0.140. The van der Waals surface area contributed by atoms with Crippen molar-refractivity contribution in [1.82, 2.24) is 10.6 Å². The van der Waals surface area contributed by atoms with Gasteiger partial charge in [0.15, 0.2) is 0 Å². The highest BCUT2D eigenvalue weighted by molar-refractivity contribution is 5.94. The molecule has 2 rings (SSSR count). The molecule has 0 unspecified atom stereocenters. The van der Waals surface area contributed by atoms with E-state index in [0.29, 0.717) is 6.07 Å². The zero-order valence-electron chi connectivity index (χ0n) is 11.5. The lowest BCUT2D eigenvalue weighted by atomic mass is 10.1. The van der Waals surface area contributed by atoms with Crippen molar-refractivity contribution >= 4 is 11.8 Å². The van der Waals surface area contributed by atoms with Crippen LogP contribution in [0.1, 0.15) is 28.8 Å². The lowest BCUT2D eigenvalue weighted by Gasteiger charge is -2.11. The van der Waals surface area contributed by atoms with Crippen LogP contribution in [0.3, 0.4) is 0 Å². The summed E-state index contributed by atoms with van der Waals surface area (Å²) >= 11 is 0. The van der Waals surface area contributed by atoms with Gasteiger partial charge in [0.2, 0.25) is 5.91 Å². The minimum Gasteiger partial charge on any atom is -0.354 e. The van der Waals surface area contributed by atoms with Gasteiger partial charge in [0.1, 0.15) is 5.82 Å². The van der Waals surface area contributed by atoms with E-state index in [0.717, 1.165) is 25.0 Å². The average molecular weight is 318 g/mol. The van der Waals surface area contributed by atoms with Gasteiger partial charge >= 0.3 is 6.18 Å². The Bertz CT molecular complexity index is 583. The fourth-order valence-electron chi connectivity index (χ4n) is 1.87. The Morgan fingerprint density at radius 2 is 1.77 bits per heavy atom. The van der Waals surface area contributed by atoms with Gasteiger partial charge in [-0.2, -0.15) is 13.2 Å². The van der Waals surface area contributed by atoms with Gasteiger partial charge in [-0.1, -0.05) is 6.07 Å². The maximum Gasteiger partial charge on any atom is 0.419 e. The predicted molar refractivity (Wildman–Crippen MR) is 69.5 cm³/mol. The fourth-order valence-corrected chi connectivity index (χ4v) is 1.87. The molecule has 0 aromatic heterocycles. The van der Waals surface area contributed by atoms with Crippen LogP contribution in [0, 0.1) is 11.7 Å². The normalized spacial score (nSPS) is 14.5. The van der Waals surface area contributed by atoms with Gasteiger partial charge in [0.05, 0.1) is 11.1 Å². The van der Waals surface area contributed by atoms with E-state index in [1.165, 1.54) is 0 Å². The van der Waals surface area contributed by atoms with Crippen molar-refractivity contribution in [2.45, 2.75) is 19.0 Å². The van der Waals surface area contributed by atoms with E-state index in [1.807, 2.05) is 0 Å². The molecular formula is C14H14F4N2O2. The average Bonchev–Trinajstić information content (AvgIpc) is 3.26. The highest BCUT2D eigenvalue weighted by Crippen LogP contribution is 2.32. The highest BCUT2D eigenvalue weighted by atomic mass is 19.4. The first-order valence-electron chi connectivity index (χ1n) is 6.72. The molecule has 8 heteroatoms. The molecule has 1 aromatic rings. The number of halogens is 4. The van der Waals surface area contributed by atoms with Crippen LogP contribution >= 0.6 is 0 Å². The van der Waals surface area contributed by atoms with Gasteiger partial charge in [0.25, 0.3) is 5.91 Å². The Labute approximate surface area is 123 Å². The largest absolute Gasteiger partial charge is 0.419 e. The Hall–Kier alpha value is -2.12. The highest BCUT2D eigenvalue weighted by Gasteiger charge is 2.35. The van der Waals surface area contributed by atoms with Crippen LogP contribution in [-0.4, -0.2) is 24.9 Å². The molecule has 4 nitrogen and oxygen atoms in total. The number of hydrogen-bond acceptors (Lipinski definition) is 2. The molecule has 1 saturated carbocycles. The molecule has 0 saturated heterocycles. The molecule has 22 heavy (non-hydrogen) atoms. The van der Waals surface area contributed by atoms with Crippen LogP contribution < -0.4 is 10.6 Å². The second-order valence-electron chi connectivity index (χ2n) is 4.99. The van der Waals surface area contributed by atoms with E-state index in [2.05, 4.69) is 10.6 Å². The van der Waals surface area contributed by atoms with Crippen molar-refractivity contribution in [3.8, 4) is 0 Å². The van der Waals surface area contributed by atoms with E-state index in [-0.39, 0.29) is 24.9 Å². The number of carbonyl (C=O) groups excluding carboxylic acids is 2. The summed E-state index contributed by atoms with van der Waals surface area (Å²) in [6.07, 6.45) is -3.18. The zero-order chi connectivity index (χ0) is 16.3. The van der Waals surface area contributed by atoms with Crippen molar-refractivity contribution in [1.29, 1.82) is 0 Å². The summed E-state index contributed by atoms with van der Waals surface area (Å²) in [5.41, 5.74) is -2.16. The molecule has 0 atom stereocenters. The van der Waals surface area contributed by atoms with Crippen molar-refractivity contribution in [3.63, 3.8) is 0 Å². The van der Waals surface area contributed by atoms with Crippen LogP contribution in [0.2, 0.25) is 0 Å². The van der Waals surface area contributed by atoms with Crippen LogP contribution in [-0.2, 0) is 11.0 Å². The molecule has 2 N–H and O–H groups in total. The molecule has 120 valence electrons. The van der Waals surface area contributed by atoms with Gasteiger partial charge in [-0.25, -0.2) is 4.39 Å². The minimum atomic E-state index is -4.86. The molecule has 0 radical (unpaired) electrons. The van der Waals surface area contributed by atoms with Crippen LogP contribution in [0.15, 0.2) is 18.2 Å². The van der Waals surface area contributed by atoms with Crippen molar-refractivity contribution in [3.05, 3.63) is 35.1 Å². The summed E-state index contributed by atoms with van der Waals surface area (Å²) < 4.78 is 51.4. The van der Waals surface area contributed by atoms with Crippen molar-refractivity contribution in [2.75, 3.05) is 13.1 Å². The summed E-state index contributed by atoms with van der Waals surface area (Å²) in [7, 11) is 0. The van der Waals surface area contributed by atoms with Gasteiger partial charge in [-0.15, -0.1) is 0 Å². The molecule has 1 fully saturated rings. The van der Waals surface area contributed by atoms with Crippen LogP contribution in [0.4, 0.5) is 17.6 Å². The van der Waals surface area contributed by atoms with E-state index >= 15 is 0 Å². The summed E-state index contributed by atoms with van der Waals surface area (Å²) in [6.45, 7) is 0.147. The Morgan fingerprint density at radius 1 is 1.14 bits per heavy atom. The van der Waals surface area contributed by atoms with Crippen LogP contribution in [0.5, 0.6) is 0 Å². The van der Waals surface area contributed by atoms with E-state index in [9.17, 15) is 27.2 Å². The Kier molecular flexibility index (Phi) is 4.68. The second-order valence-corrected chi connectivity index (χ2v) is 4.99. The molecule has 2 amide bonds. The molecule has 1 aliphatic carbocycles. The van der Waals surface area contributed by atoms with Gasteiger partial charge in [-0.05, 0) is 25.0 Å². The number of carbonyl (C=O) groups is 2. The number of alkyl halides is 3. The first-order valence-corrected chi connectivity index (χ1v) is 6.72. The molecule has 0 spiro atoms. The van der Waals surface area contributed by atoms with Crippen molar-refractivity contribution < 1.29 is 27.2 Å². The molecular weight excluding hydrogens is 304 g/mol. The van der Waals surface area contributed by atoms with E-state index < -0.39 is 29.0 Å². The SMILES string of the molecule is O=C(NCCNC(=O)C1CC1)c1cccc(C(F)(F)F)c1F. The monoisotopic (exact) mass is 318 g/mol. The summed E-state index contributed by atoms with van der Waals surface area (Å²) in [4.78, 5) is 23.0. The topological polar surface area (TPSA) is 58.2 Å². The third-order valence-corrected chi connectivity index (χ3v) is 3.21. The molecule has 1 aromatic carbocycles. The Balaban J connectivity index is 1.90. The minimum absolute atomic E-state index is 0.00692. The summed E-state index contributed by atoms with van der Waals surface area (Å²) in [5, 5.41) is 4.85. The predicted octanol–water partition coefficient (Wildman–Crippen LogP) is 2.10. The third-order valence-electron chi connectivity index (χ3n) is 3.21. The Morgan fingerprint density at radius 3 is 2.36 bits per heavy atom. The first-order chi connectivity index (χ1) is 10.3. The maximum absolute atomic E-state index is 13.7. The number of hydrogen-bond donors (Lipinski definition) is 2. The quantitative estimate of drug-likeness (QED) is 0.645. The van der Waals surface area contributed by atoms with Gasteiger partial charge in [-0.3, -0.25) is 9.59 Å². The van der Waals surface area contributed by atoms with Gasteiger partial charge < -0.3 is 10.6 Å². The number of benzene rings is 1. The van der Waals surface area contributed by atoms with Gasteiger partial charge in [0, 0.05) is 19.0 Å². The summed E-state index contributed by atoms with van der Waals surface area (Å²) in [5.74, 6) is -2.64. The second kappa shape index (κ2) is 6.33. The lowest BCUT2D eigenvalue weighted by Crippen LogP contribution is -2.35. The standard InChI is InChI=1S/C14H14F4N2O2/c15-11-9(2-1-3-10(11)14(16,17)18)13(22)20-7-6-19-12(21)8-4-5-8/h1-3,8H,4-7H2,(H,19,21)(H,20,22). The molecule has 0 heterocycles. The zero-order valence-corrected chi connectivity index (χ0v) is 11.5. The molecule has 1 aliphatic rings. The van der Waals surface area contributed by atoms with Crippen LogP contribution in [0.25, 0.3) is 0 Å². The number of nitrogens with one attached hydrogen (secondary N) is 2. The van der Waals surface area contributed by atoms with E-state index in [1.54, 1.807) is 0 Å². The third kappa shape index (κ3) is 3.96. The number of amides is 2.